The molecule has 0 saturated heterocycles. The Morgan fingerprint density at radius 1 is 1.03 bits per heavy atom. The highest BCUT2D eigenvalue weighted by atomic mass is 32.2. The average Bonchev–Trinajstić information content (AvgIpc) is 2.70. The number of rotatable bonds is 3. The molecular formula is C22H19FN2O3S. The number of halogens is 1. The molecule has 1 aliphatic heterocycles. The number of anilines is 1. The molecule has 0 aromatic heterocycles. The molecule has 3 aromatic carbocycles. The summed E-state index contributed by atoms with van der Waals surface area (Å²) in [6.45, 7) is 0.221. The van der Waals surface area contributed by atoms with Crippen LogP contribution < -0.4 is 10.6 Å². The fourth-order valence-electron chi connectivity index (χ4n) is 3.66. The molecule has 4 rings (SSSR count). The first-order valence-electron chi connectivity index (χ1n) is 9.01. The van der Waals surface area contributed by atoms with E-state index in [0.29, 0.717) is 11.1 Å². The molecule has 1 unspecified atom stereocenters. The minimum Gasteiger partial charge on any atom is -0.316 e. The molecule has 2 N–H and O–H groups in total. The zero-order valence-corrected chi connectivity index (χ0v) is 16.5. The maximum absolute atomic E-state index is 15.0. The molecule has 0 spiro atoms. The highest BCUT2D eigenvalue weighted by Crippen LogP contribution is 2.34. The second kappa shape index (κ2) is 7.09. The molecule has 3 aromatic rings. The summed E-state index contributed by atoms with van der Waals surface area (Å²) in [5.41, 5.74) is 8.62. The monoisotopic (exact) mass is 410 g/mol. The third-order valence-corrected chi connectivity index (χ3v) is 6.24. The maximum atomic E-state index is 15.0. The zero-order chi connectivity index (χ0) is 20.8. The van der Waals surface area contributed by atoms with Gasteiger partial charge in [0.15, 0.2) is 9.84 Å². The predicted molar refractivity (Wildman–Crippen MR) is 110 cm³/mol. The van der Waals surface area contributed by atoms with Crippen molar-refractivity contribution in [1.29, 1.82) is 0 Å². The number of carbonyl (C=O) groups is 1. The Morgan fingerprint density at radius 2 is 1.72 bits per heavy atom. The Bertz CT molecular complexity index is 1220. The Hall–Kier alpha value is -3.03. The van der Waals surface area contributed by atoms with Gasteiger partial charge in [-0.2, -0.15) is 0 Å². The molecule has 148 valence electrons. The molecular weight excluding hydrogens is 391 g/mol. The molecule has 0 aliphatic carbocycles. The summed E-state index contributed by atoms with van der Waals surface area (Å²) < 4.78 is 39.2. The van der Waals surface area contributed by atoms with Crippen molar-refractivity contribution in [3.05, 3.63) is 83.7 Å². The van der Waals surface area contributed by atoms with Crippen molar-refractivity contribution in [2.45, 2.75) is 17.5 Å². The zero-order valence-electron chi connectivity index (χ0n) is 15.7. The van der Waals surface area contributed by atoms with Gasteiger partial charge in [0.2, 0.25) is 5.91 Å². The van der Waals surface area contributed by atoms with Gasteiger partial charge in [-0.3, -0.25) is 4.79 Å². The average molecular weight is 410 g/mol. The topological polar surface area (TPSA) is 80.5 Å². The molecule has 1 atom stereocenters. The van der Waals surface area contributed by atoms with E-state index in [1.165, 1.54) is 23.1 Å². The van der Waals surface area contributed by atoms with Crippen LogP contribution in [0.5, 0.6) is 0 Å². The Balaban J connectivity index is 1.76. The van der Waals surface area contributed by atoms with Gasteiger partial charge in [0.25, 0.3) is 0 Å². The molecule has 7 heteroatoms. The number of nitrogens with zero attached hydrogens (tertiary/aromatic N) is 1. The second-order valence-corrected chi connectivity index (χ2v) is 9.02. The minimum absolute atomic E-state index is 0.112. The van der Waals surface area contributed by atoms with Crippen molar-refractivity contribution in [2.24, 2.45) is 5.73 Å². The van der Waals surface area contributed by atoms with Crippen LogP contribution in [0, 0.1) is 5.82 Å². The quantitative estimate of drug-likeness (QED) is 0.717. The fraction of sp³-hybridized carbons (Fsp3) is 0.136. The molecule has 0 bridgehead atoms. The number of nitrogens with two attached hydrogens (primary N) is 1. The van der Waals surface area contributed by atoms with E-state index in [1.54, 1.807) is 30.3 Å². The van der Waals surface area contributed by atoms with Crippen LogP contribution in [0.3, 0.4) is 0 Å². The third kappa shape index (κ3) is 3.43. The summed E-state index contributed by atoms with van der Waals surface area (Å²) in [5.74, 6) is -1.00. The fourth-order valence-corrected chi connectivity index (χ4v) is 4.57. The molecule has 1 heterocycles. The smallest absolute Gasteiger partial charge is 0.248 e. The van der Waals surface area contributed by atoms with Gasteiger partial charge in [0.1, 0.15) is 11.9 Å². The van der Waals surface area contributed by atoms with E-state index in [1.807, 2.05) is 18.2 Å². The lowest BCUT2D eigenvalue weighted by molar-refractivity contribution is -0.120. The van der Waals surface area contributed by atoms with Gasteiger partial charge < -0.3 is 10.6 Å². The van der Waals surface area contributed by atoms with Crippen LogP contribution >= 0.6 is 0 Å². The lowest BCUT2D eigenvalue weighted by Crippen LogP contribution is -2.43. The van der Waals surface area contributed by atoms with Crippen molar-refractivity contribution >= 4 is 21.4 Å². The van der Waals surface area contributed by atoms with Crippen LogP contribution in [0.25, 0.3) is 11.1 Å². The number of hydrogen-bond acceptors (Lipinski definition) is 4. The van der Waals surface area contributed by atoms with Gasteiger partial charge in [0.05, 0.1) is 17.1 Å². The number of fused-ring (bicyclic) bond motifs is 1. The highest BCUT2D eigenvalue weighted by molar-refractivity contribution is 7.90. The van der Waals surface area contributed by atoms with E-state index in [4.69, 9.17) is 5.73 Å². The third-order valence-electron chi connectivity index (χ3n) is 5.09. The first-order valence-corrected chi connectivity index (χ1v) is 10.9. The lowest BCUT2D eigenvalue weighted by Gasteiger charge is -2.32. The van der Waals surface area contributed by atoms with Gasteiger partial charge in [-0.25, -0.2) is 12.8 Å². The Labute approximate surface area is 168 Å². The summed E-state index contributed by atoms with van der Waals surface area (Å²) in [5, 5.41) is 0. The summed E-state index contributed by atoms with van der Waals surface area (Å²) in [7, 11) is -3.48. The van der Waals surface area contributed by atoms with Crippen molar-refractivity contribution in [2.75, 3.05) is 11.2 Å². The summed E-state index contributed by atoms with van der Waals surface area (Å²) >= 11 is 0. The molecule has 0 fully saturated rings. The molecule has 1 amide bonds. The predicted octanol–water partition coefficient (Wildman–Crippen LogP) is 3.44. The van der Waals surface area contributed by atoms with Crippen molar-refractivity contribution in [3.63, 3.8) is 0 Å². The number of hydrogen-bond donors (Lipinski definition) is 1. The first kappa shape index (κ1) is 19.3. The number of benzene rings is 3. The van der Waals surface area contributed by atoms with E-state index in [0.717, 1.165) is 17.4 Å². The first-order chi connectivity index (χ1) is 13.8. The summed E-state index contributed by atoms with van der Waals surface area (Å²) in [6, 6.07) is 17.3. The normalized spacial score (nSPS) is 16.6. The van der Waals surface area contributed by atoms with Gasteiger partial charge in [-0.05, 0) is 34.9 Å². The molecule has 29 heavy (non-hydrogen) atoms. The standard InChI is InChI=1S/C22H19FN2O3S/c1-29(27,28)20-9-5-4-7-16(20)14-10-11-19(18(23)12-14)25-13-15-6-2-3-8-17(15)21(24)22(25)26/h2-12,21H,13,24H2,1H3. The maximum Gasteiger partial charge on any atom is 0.248 e. The van der Waals surface area contributed by atoms with Crippen LogP contribution in [-0.2, 0) is 21.2 Å². The minimum atomic E-state index is -3.48. The van der Waals surface area contributed by atoms with E-state index >= 15 is 4.39 Å². The van der Waals surface area contributed by atoms with Crippen LogP contribution in [0.2, 0.25) is 0 Å². The molecule has 1 aliphatic rings. The molecule has 5 nitrogen and oxygen atoms in total. The van der Waals surface area contributed by atoms with Gasteiger partial charge in [0, 0.05) is 11.8 Å². The summed E-state index contributed by atoms with van der Waals surface area (Å²) in [6.07, 6.45) is 1.11. The van der Waals surface area contributed by atoms with E-state index < -0.39 is 21.7 Å². The van der Waals surface area contributed by atoms with Crippen LogP contribution in [0.4, 0.5) is 10.1 Å². The van der Waals surface area contributed by atoms with E-state index in [9.17, 15) is 13.2 Å². The van der Waals surface area contributed by atoms with Gasteiger partial charge in [-0.15, -0.1) is 0 Å². The van der Waals surface area contributed by atoms with Crippen LogP contribution in [0.15, 0.2) is 71.6 Å². The number of sulfone groups is 1. The van der Waals surface area contributed by atoms with Crippen molar-refractivity contribution in [1.82, 2.24) is 0 Å². The number of carbonyl (C=O) groups excluding carboxylic acids is 1. The second-order valence-electron chi connectivity index (χ2n) is 7.04. The van der Waals surface area contributed by atoms with Gasteiger partial charge >= 0.3 is 0 Å². The van der Waals surface area contributed by atoms with Crippen LogP contribution in [-0.4, -0.2) is 20.6 Å². The van der Waals surface area contributed by atoms with E-state index in [-0.39, 0.29) is 23.0 Å². The van der Waals surface area contributed by atoms with Crippen molar-refractivity contribution in [3.8, 4) is 11.1 Å². The Kier molecular flexibility index (Phi) is 4.72. The van der Waals surface area contributed by atoms with E-state index in [2.05, 4.69) is 0 Å². The lowest BCUT2D eigenvalue weighted by atomic mass is 9.94. The van der Waals surface area contributed by atoms with Crippen LogP contribution in [0.1, 0.15) is 17.2 Å². The Morgan fingerprint density at radius 3 is 2.45 bits per heavy atom. The molecule has 0 radical (unpaired) electrons. The largest absolute Gasteiger partial charge is 0.316 e. The SMILES string of the molecule is CS(=O)(=O)c1ccccc1-c1ccc(N2Cc3ccccc3C(N)C2=O)c(F)c1. The van der Waals surface area contributed by atoms with Crippen molar-refractivity contribution < 1.29 is 17.6 Å². The summed E-state index contributed by atoms with van der Waals surface area (Å²) in [4.78, 5) is 14.2. The number of amides is 1. The molecule has 0 saturated carbocycles. The highest BCUT2D eigenvalue weighted by Gasteiger charge is 2.32. The van der Waals surface area contributed by atoms with Gasteiger partial charge in [-0.1, -0.05) is 48.5 Å².